The molecule has 1 heterocycles. The van der Waals surface area contributed by atoms with Crippen LogP contribution in [0, 0.1) is 28.9 Å². The van der Waals surface area contributed by atoms with Gasteiger partial charge >= 0.3 is 0 Å². The smallest absolute Gasteiger partial charge is 0.269 e. The van der Waals surface area contributed by atoms with E-state index in [9.17, 15) is 14.9 Å². The fourth-order valence-corrected chi connectivity index (χ4v) is 4.50. The van der Waals surface area contributed by atoms with E-state index >= 15 is 0 Å². The molecule has 1 aliphatic heterocycles. The molecule has 0 aliphatic carbocycles. The molecule has 0 saturated carbocycles. The minimum Gasteiger partial charge on any atom is -0.342 e. The number of benzene rings is 2. The SMILES string of the molecule is CC(=O)N(CC(C)C)CC1CN(Cc2ccc([N+](=O)[O-])cc2)CC1c1ccc(C)cc1. The summed E-state index contributed by atoms with van der Waals surface area (Å²) in [5.74, 6) is 1.26. The van der Waals surface area contributed by atoms with Gasteiger partial charge in [-0.1, -0.05) is 55.8 Å². The number of nitro groups is 1. The van der Waals surface area contributed by atoms with Crippen molar-refractivity contribution in [3.05, 3.63) is 75.3 Å². The van der Waals surface area contributed by atoms with E-state index in [0.29, 0.717) is 17.8 Å². The van der Waals surface area contributed by atoms with Gasteiger partial charge in [-0.05, 0) is 29.9 Å². The summed E-state index contributed by atoms with van der Waals surface area (Å²) in [5, 5.41) is 10.9. The second-order valence-electron chi connectivity index (χ2n) is 9.21. The van der Waals surface area contributed by atoms with Crippen LogP contribution in [0.15, 0.2) is 48.5 Å². The maximum Gasteiger partial charge on any atom is 0.269 e. The van der Waals surface area contributed by atoms with Crippen LogP contribution < -0.4 is 0 Å². The number of hydrogen-bond acceptors (Lipinski definition) is 4. The van der Waals surface area contributed by atoms with Gasteiger partial charge in [0.1, 0.15) is 0 Å². The fourth-order valence-electron chi connectivity index (χ4n) is 4.50. The number of aryl methyl sites for hydroxylation is 1. The molecule has 31 heavy (non-hydrogen) atoms. The summed E-state index contributed by atoms with van der Waals surface area (Å²) in [6.07, 6.45) is 0. The molecule has 0 N–H and O–H groups in total. The molecule has 3 rings (SSSR count). The average molecular weight is 424 g/mol. The predicted octanol–water partition coefficient (Wildman–Crippen LogP) is 4.62. The molecule has 0 bridgehead atoms. The monoisotopic (exact) mass is 423 g/mol. The highest BCUT2D eigenvalue weighted by atomic mass is 16.6. The Labute approximate surface area is 185 Å². The highest BCUT2D eigenvalue weighted by Gasteiger charge is 2.35. The van der Waals surface area contributed by atoms with Crippen LogP contribution in [0.5, 0.6) is 0 Å². The lowest BCUT2D eigenvalue weighted by atomic mass is 9.88. The van der Waals surface area contributed by atoms with Gasteiger partial charge in [0.05, 0.1) is 4.92 Å². The fraction of sp³-hybridized carbons (Fsp3) is 0.480. The number of likely N-dealkylation sites (tertiary alicyclic amines) is 1. The molecule has 2 atom stereocenters. The number of rotatable bonds is 8. The first-order chi connectivity index (χ1) is 14.7. The maximum atomic E-state index is 12.3. The summed E-state index contributed by atoms with van der Waals surface area (Å²) < 4.78 is 0. The van der Waals surface area contributed by atoms with Crippen LogP contribution in [-0.2, 0) is 11.3 Å². The van der Waals surface area contributed by atoms with Crippen molar-refractivity contribution >= 4 is 11.6 Å². The Bertz CT molecular complexity index is 893. The highest BCUT2D eigenvalue weighted by molar-refractivity contribution is 5.73. The van der Waals surface area contributed by atoms with Crippen molar-refractivity contribution in [3.8, 4) is 0 Å². The second-order valence-corrected chi connectivity index (χ2v) is 9.21. The molecule has 1 fully saturated rings. The van der Waals surface area contributed by atoms with E-state index in [0.717, 1.165) is 38.3 Å². The summed E-state index contributed by atoms with van der Waals surface area (Å²) in [6.45, 7) is 12.1. The average Bonchev–Trinajstić information content (AvgIpc) is 3.10. The van der Waals surface area contributed by atoms with E-state index in [4.69, 9.17) is 0 Å². The van der Waals surface area contributed by atoms with Gasteiger partial charge in [0.2, 0.25) is 5.91 Å². The quantitative estimate of drug-likeness (QED) is 0.459. The van der Waals surface area contributed by atoms with Crippen LogP contribution in [0.25, 0.3) is 0 Å². The highest BCUT2D eigenvalue weighted by Crippen LogP contribution is 2.34. The molecule has 2 aromatic rings. The zero-order chi connectivity index (χ0) is 22.5. The Hall–Kier alpha value is -2.73. The van der Waals surface area contributed by atoms with Crippen molar-refractivity contribution < 1.29 is 9.72 Å². The summed E-state index contributed by atoms with van der Waals surface area (Å²) in [5.41, 5.74) is 3.74. The molecule has 2 aromatic carbocycles. The van der Waals surface area contributed by atoms with Gasteiger partial charge in [-0.25, -0.2) is 0 Å². The van der Waals surface area contributed by atoms with E-state index in [1.807, 2.05) is 17.0 Å². The molecule has 0 aromatic heterocycles. The molecule has 1 amide bonds. The van der Waals surface area contributed by atoms with Crippen LogP contribution in [0.2, 0.25) is 0 Å². The number of hydrogen-bond donors (Lipinski definition) is 0. The molecule has 2 unspecified atom stereocenters. The van der Waals surface area contributed by atoms with Gasteiger partial charge in [-0.2, -0.15) is 0 Å². The van der Waals surface area contributed by atoms with Crippen molar-refractivity contribution in [2.45, 2.75) is 40.2 Å². The number of amides is 1. The van der Waals surface area contributed by atoms with Crippen LogP contribution in [0.1, 0.15) is 43.4 Å². The predicted molar refractivity (Wildman–Crippen MR) is 123 cm³/mol. The van der Waals surface area contributed by atoms with Gasteiger partial charge in [-0.3, -0.25) is 19.8 Å². The second kappa shape index (κ2) is 10.1. The lowest BCUT2D eigenvalue weighted by molar-refractivity contribution is -0.384. The topological polar surface area (TPSA) is 66.7 Å². The lowest BCUT2D eigenvalue weighted by Crippen LogP contribution is -2.38. The third kappa shape index (κ3) is 6.14. The number of nitrogens with zero attached hydrogens (tertiary/aromatic N) is 3. The molecule has 6 heteroatoms. The van der Waals surface area contributed by atoms with Gasteiger partial charge < -0.3 is 4.90 Å². The summed E-state index contributed by atoms with van der Waals surface area (Å²) in [6, 6.07) is 15.6. The molecule has 6 nitrogen and oxygen atoms in total. The molecule has 0 spiro atoms. The standard InChI is InChI=1S/C25H33N3O3/c1-18(2)13-27(20(4)29)16-23-15-26(14-21-7-11-24(12-8-21)28(30)31)17-25(23)22-9-5-19(3)6-10-22/h5-12,18,23,25H,13-17H2,1-4H3. The number of carbonyl (C=O) groups excluding carboxylic acids is 1. The van der Waals surface area contributed by atoms with E-state index in [-0.39, 0.29) is 16.5 Å². The summed E-state index contributed by atoms with van der Waals surface area (Å²) >= 11 is 0. The zero-order valence-corrected chi connectivity index (χ0v) is 19.0. The first kappa shape index (κ1) is 22.9. The number of carbonyl (C=O) groups is 1. The Morgan fingerprint density at radius 2 is 1.77 bits per heavy atom. The third-order valence-corrected chi connectivity index (χ3v) is 6.06. The summed E-state index contributed by atoms with van der Waals surface area (Å²) in [4.78, 5) is 27.2. The van der Waals surface area contributed by atoms with Crippen molar-refractivity contribution in [2.75, 3.05) is 26.2 Å². The third-order valence-electron chi connectivity index (χ3n) is 6.06. The Morgan fingerprint density at radius 1 is 1.13 bits per heavy atom. The van der Waals surface area contributed by atoms with E-state index in [1.165, 1.54) is 11.1 Å². The molecule has 166 valence electrons. The molecular formula is C25H33N3O3. The van der Waals surface area contributed by atoms with Crippen LogP contribution in [-0.4, -0.2) is 46.8 Å². The van der Waals surface area contributed by atoms with Gasteiger partial charge in [0.25, 0.3) is 5.69 Å². The van der Waals surface area contributed by atoms with Crippen molar-refractivity contribution in [3.63, 3.8) is 0 Å². The minimum atomic E-state index is -0.367. The van der Waals surface area contributed by atoms with Crippen molar-refractivity contribution in [1.82, 2.24) is 9.80 Å². The lowest BCUT2D eigenvalue weighted by Gasteiger charge is -2.29. The van der Waals surface area contributed by atoms with E-state index in [1.54, 1.807) is 19.1 Å². The number of non-ortho nitro benzene ring substituents is 1. The van der Waals surface area contributed by atoms with Gasteiger partial charge in [0, 0.05) is 57.7 Å². The Kier molecular flexibility index (Phi) is 7.44. The first-order valence-electron chi connectivity index (χ1n) is 11.0. The molecule has 1 aliphatic rings. The Balaban J connectivity index is 1.78. The van der Waals surface area contributed by atoms with E-state index in [2.05, 4.69) is 49.9 Å². The minimum absolute atomic E-state index is 0.117. The van der Waals surface area contributed by atoms with Crippen LogP contribution in [0.4, 0.5) is 5.69 Å². The largest absolute Gasteiger partial charge is 0.342 e. The first-order valence-corrected chi connectivity index (χ1v) is 11.0. The van der Waals surface area contributed by atoms with Crippen molar-refractivity contribution in [1.29, 1.82) is 0 Å². The maximum absolute atomic E-state index is 12.3. The van der Waals surface area contributed by atoms with E-state index < -0.39 is 0 Å². The van der Waals surface area contributed by atoms with Gasteiger partial charge in [0.15, 0.2) is 0 Å². The normalized spacial score (nSPS) is 19.0. The molecule has 0 radical (unpaired) electrons. The van der Waals surface area contributed by atoms with Gasteiger partial charge in [-0.15, -0.1) is 0 Å². The molecule has 1 saturated heterocycles. The van der Waals surface area contributed by atoms with Crippen LogP contribution in [0.3, 0.4) is 0 Å². The Morgan fingerprint density at radius 3 is 2.32 bits per heavy atom. The number of nitro benzene ring substituents is 1. The van der Waals surface area contributed by atoms with Crippen molar-refractivity contribution in [2.24, 2.45) is 11.8 Å². The summed E-state index contributed by atoms with van der Waals surface area (Å²) in [7, 11) is 0. The van der Waals surface area contributed by atoms with Crippen LogP contribution >= 0.6 is 0 Å². The molecular weight excluding hydrogens is 390 g/mol. The zero-order valence-electron chi connectivity index (χ0n) is 19.0.